The van der Waals surface area contributed by atoms with Crippen molar-refractivity contribution < 1.29 is 23.6 Å². The molecule has 3 atom stereocenters. The summed E-state index contributed by atoms with van der Waals surface area (Å²) in [5.41, 5.74) is 4.80. The van der Waals surface area contributed by atoms with E-state index in [0.717, 1.165) is 35.2 Å². The smallest absolute Gasteiger partial charge is 0.489 e. The number of aryl methyl sites for hydroxylation is 1. The van der Waals surface area contributed by atoms with Gasteiger partial charge in [-0.25, -0.2) is 0 Å². The van der Waals surface area contributed by atoms with E-state index in [2.05, 4.69) is 71.9 Å². The first-order valence-corrected chi connectivity index (χ1v) is 12.9. The third-order valence-corrected chi connectivity index (χ3v) is 8.90. The molecule has 0 aromatic heterocycles. The summed E-state index contributed by atoms with van der Waals surface area (Å²) in [6.45, 7) is 15.3. The number of ether oxygens (including phenoxy) is 2. The number of carbonyl (C=O) groups is 1. The van der Waals surface area contributed by atoms with Gasteiger partial charge in [0.1, 0.15) is 12.4 Å². The van der Waals surface area contributed by atoms with E-state index in [0.29, 0.717) is 19.1 Å². The Morgan fingerprint density at radius 3 is 2.43 bits per heavy atom. The molecule has 0 amide bonds. The fourth-order valence-electron chi connectivity index (χ4n) is 6.04. The van der Waals surface area contributed by atoms with E-state index in [9.17, 15) is 4.79 Å². The number of rotatable bonds is 7. The molecular formula is C29H37BO5. The van der Waals surface area contributed by atoms with Crippen LogP contribution < -0.4 is 10.2 Å². The van der Waals surface area contributed by atoms with Crippen LogP contribution in [0, 0.1) is 18.3 Å². The highest BCUT2D eigenvalue weighted by atomic mass is 16.7. The predicted molar refractivity (Wildman–Crippen MR) is 137 cm³/mol. The maximum atomic E-state index is 12.7. The van der Waals surface area contributed by atoms with Crippen molar-refractivity contribution in [1.82, 2.24) is 0 Å². The molecule has 2 aliphatic carbocycles. The van der Waals surface area contributed by atoms with Crippen LogP contribution >= 0.6 is 0 Å². The normalized spacial score (nSPS) is 27.3. The van der Waals surface area contributed by atoms with Crippen LogP contribution in [0.15, 0.2) is 36.4 Å². The molecule has 5 nitrogen and oxygen atoms in total. The van der Waals surface area contributed by atoms with Gasteiger partial charge in [0.15, 0.2) is 0 Å². The van der Waals surface area contributed by atoms with E-state index in [-0.39, 0.29) is 35.6 Å². The second-order valence-electron chi connectivity index (χ2n) is 11.3. The molecule has 0 N–H and O–H groups in total. The number of benzene rings is 2. The fraction of sp³-hybridized carbons (Fsp3) is 0.552. The first-order chi connectivity index (χ1) is 16.5. The topological polar surface area (TPSA) is 54.0 Å². The van der Waals surface area contributed by atoms with Crippen molar-refractivity contribution in [3.8, 4) is 5.75 Å². The highest BCUT2D eigenvalue weighted by molar-refractivity contribution is 6.62. The standard InChI is InChI=1S/C29H37BO5/c1-8-29(26(31)32-9-2)23-16-20-15-21(12-13-22(20)25(23)29)33-17-19-11-10-18(3)24(14-19)30-34-27(4,5)28(6,7)35-30/h10-15,23,25H,8-9,16-17H2,1-7H3/t23-,25-,29+/m1/s1. The third kappa shape index (κ3) is 3.81. The Bertz CT molecular complexity index is 1140. The van der Waals surface area contributed by atoms with Gasteiger partial charge in [-0.3, -0.25) is 4.79 Å². The Morgan fingerprint density at radius 1 is 1.06 bits per heavy atom. The molecule has 1 saturated carbocycles. The zero-order valence-corrected chi connectivity index (χ0v) is 22.1. The number of hydrogen-bond acceptors (Lipinski definition) is 5. The van der Waals surface area contributed by atoms with Crippen LogP contribution in [-0.2, 0) is 31.9 Å². The molecule has 1 heterocycles. The highest BCUT2D eigenvalue weighted by Crippen LogP contribution is 2.72. The second kappa shape index (κ2) is 8.38. The fourth-order valence-corrected chi connectivity index (χ4v) is 6.04. The molecule has 1 aliphatic heterocycles. The Morgan fingerprint density at radius 2 is 1.77 bits per heavy atom. The Balaban J connectivity index is 1.28. The zero-order valence-electron chi connectivity index (χ0n) is 22.1. The summed E-state index contributed by atoms with van der Waals surface area (Å²) < 4.78 is 24.2. The van der Waals surface area contributed by atoms with Gasteiger partial charge in [0.25, 0.3) is 0 Å². The van der Waals surface area contributed by atoms with Crippen LogP contribution in [-0.4, -0.2) is 30.9 Å². The van der Waals surface area contributed by atoms with Crippen molar-refractivity contribution in [2.45, 2.75) is 85.0 Å². The lowest BCUT2D eigenvalue weighted by atomic mass is 9.75. The molecule has 6 heteroatoms. The van der Waals surface area contributed by atoms with Crippen LogP contribution in [0.25, 0.3) is 0 Å². The van der Waals surface area contributed by atoms with E-state index in [4.69, 9.17) is 18.8 Å². The minimum atomic E-state index is -0.384. The average Bonchev–Trinajstić information content (AvgIpc) is 3.18. The van der Waals surface area contributed by atoms with Crippen LogP contribution in [0.3, 0.4) is 0 Å². The summed E-state index contributed by atoms with van der Waals surface area (Å²) in [6.07, 6.45) is 1.75. The molecule has 2 aromatic carbocycles. The lowest BCUT2D eigenvalue weighted by Gasteiger charge is -2.32. The number of carbonyl (C=O) groups excluding carboxylic acids is 1. The average molecular weight is 476 g/mol. The van der Waals surface area contributed by atoms with Crippen molar-refractivity contribution in [2.24, 2.45) is 11.3 Å². The van der Waals surface area contributed by atoms with Gasteiger partial charge in [-0.1, -0.05) is 36.8 Å². The van der Waals surface area contributed by atoms with Crippen molar-refractivity contribution in [2.75, 3.05) is 6.61 Å². The Labute approximate surface area is 209 Å². The lowest BCUT2D eigenvalue weighted by molar-refractivity contribution is -0.150. The van der Waals surface area contributed by atoms with Crippen LogP contribution in [0.5, 0.6) is 5.75 Å². The van der Waals surface area contributed by atoms with E-state index in [1.165, 1.54) is 11.1 Å². The Kier molecular flexibility index (Phi) is 5.84. The zero-order chi connectivity index (χ0) is 25.2. The van der Waals surface area contributed by atoms with Crippen molar-refractivity contribution >= 4 is 18.6 Å². The molecular weight excluding hydrogens is 439 g/mol. The molecule has 0 spiro atoms. The quantitative estimate of drug-likeness (QED) is 0.411. The van der Waals surface area contributed by atoms with Gasteiger partial charge in [0.05, 0.1) is 23.2 Å². The van der Waals surface area contributed by atoms with Gasteiger partial charge in [0.2, 0.25) is 0 Å². The highest BCUT2D eigenvalue weighted by Gasteiger charge is 2.72. The molecule has 0 bridgehead atoms. The summed E-state index contributed by atoms with van der Waals surface area (Å²) >= 11 is 0. The molecule has 2 fully saturated rings. The summed E-state index contributed by atoms with van der Waals surface area (Å²) in [4.78, 5) is 12.7. The van der Waals surface area contributed by atoms with E-state index < -0.39 is 0 Å². The molecule has 0 unspecified atom stereocenters. The first-order valence-electron chi connectivity index (χ1n) is 12.9. The summed E-state index contributed by atoms with van der Waals surface area (Å²) in [5, 5.41) is 0. The van der Waals surface area contributed by atoms with Gasteiger partial charge in [0, 0.05) is 5.92 Å². The van der Waals surface area contributed by atoms with Crippen LogP contribution in [0.4, 0.5) is 0 Å². The maximum absolute atomic E-state index is 12.7. The van der Waals surface area contributed by atoms with Crippen molar-refractivity contribution in [3.05, 3.63) is 58.7 Å². The monoisotopic (exact) mass is 476 g/mol. The summed E-state index contributed by atoms with van der Waals surface area (Å²) in [5.74, 6) is 1.48. The molecule has 1 saturated heterocycles. The van der Waals surface area contributed by atoms with Crippen molar-refractivity contribution in [3.63, 3.8) is 0 Å². The van der Waals surface area contributed by atoms with E-state index in [1.807, 2.05) is 13.0 Å². The third-order valence-electron chi connectivity index (χ3n) is 8.90. The van der Waals surface area contributed by atoms with Crippen molar-refractivity contribution in [1.29, 1.82) is 0 Å². The number of hydrogen-bond donors (Lipinski definition) is 0. The Hall–Kier alpha value is -2.31. The SMILES string of the molecule is CCOC(=O)[C@@]1(CC)[C@@H]2Cc3cc(OCc4ccc(C)c(B5OC(C)(C)C(C)(C)O5)c4)ccc3[C@H]21. The molecule has 186 valence electrons. The van der Waals surface area contributed by atoms with Gasteiger partial charge >= 0.3 is 13.1 Å². The minimum absolute atomic E-state index is 0.0272. The summed E-state index contributed by atoms with van der Waals surface area (Å²) in [6, 6.07) is 12.7. The van der Waals surface area contributed by atoms with Gasteiger partial charge in [-0.05, 0) is 94.6 Å². The van der Waals surface area contributed by atoms with E-state index in [1.54, 1.807) is 0 Å². The van der Waals surface area contributed by atoms with Gasteiger partial charge in [-0.2, -0.15) is 0 Å². The maximum Gasteiger partial charge on any atom is 0.495 e. The molecule has 5 rings (SSSR count). The van der Waals surface area contributed by atoms with Crippen LogP contribution in [0.1, 0.15) is 76.1 Å². The van der Waals surface area contributed by atoms with Gasteiger partial charge in [-0.15, -0.1) is 0 Å². The van der Waals surface area contributed by atoms with E-state index >= 15 is 0 Å². The summed E-state index contributed by atoms with van der Waals surface area (Å²) in [7, 11) is -0.384. The van der Waals surface area contributed by atoms with Crippen LogP contribution in [0.2, 0.25) is 0 Å². The lowest BCUT2D eigenvalue weighted by Crippen LogP contribution is -2.41. The largest absolute Gasteiger partial charge is 0.495 e. The molecule has 2 aromatic rings. The first kappa shape index (κ1) is 24.4. The minimum Gasteiger partial charge on any atom is -0.489 e. The number of fused-ring (bicyclic) bond motifs is 3. The second-order valence-corrected chi connectivity index (χ2v) is 11.3. The predicted octanol–water partition coefficient (Wildman–Crippen LogP) is 5.10. The van der Waals surface area contributed by atoms with Gasteiger partial charge < -0.3 is 18.8 Å². The molecule has 3 aliphatic rings. The molecule has 0 radical (unpaired) electrons. The number of esters is 1. The molecule has 35 heavy (non-hydrogen) atoms.